The molecule has 0 aromatic carbocycles. The number of hydrogen-bond acceptors (Lipinski definition) is 5. The van der Waals surface area contributed by atoms with Crippen molar-refractivity contribution in [3.05, 3.63) is 0 Å². The van der Waals surface area contributed by atoms with Crippen LogP contribution < -0.4 is 0 Å². The van der Waals surface area contributed by atoms with Crippen molar-refractivity contribution in [3.63, 3.8) is 0 Å². The largest absolute Gasteiger partial charge is 0.389 e. The van der Waals surface area contributed by atoms with Crippen LogP contribution in [0.25, 0.3) is 0 Å². The van der Waals surface area contributed by atoms with Gasteiger partial charge in [0.1, 0.15) is 7.85 Å². The van der Waals surface area contributed by atoms with Gasteiger partial charge in [0.15, 0.2) is 5.34 Å². The number of aliphatic hydroxyl groups excluding tert-OH is 1. The van der Waals surface area contributed by atoms with E-state index in [9.17, 15) is 19.7 Å². The molecule has 2 unspecified atom stereocenters. The van der Waals surface area contributed by atoms with E-state index in [1.807, 2.05) is 0 Å². The molecule has 1 aliphatic heterocycles. The molecule has 1 fully saturated rings. The average Bonchev–Trinajstić information content (AvgIpc) is 2.65. The maximum Gasteiger partial charge on any atom is 0.359 e. The Bertz CT molecular complexity index is 437. The molecule has 1 saturated heterocycles. The maximum atomic E-state index is 12.4. The molecule has 0 saturated carbocycles. The average molecular weight is 399 g/mol. The predicted octanol–water partition coefficient (Wildman–Crippen LogP) is 1.88. The van der Waals surface area contributed by atoms with Gasteiger partial charge >= 0.3 is 7.60 Å². The van der Waals surface area contributed by atoms with Gasteiger partial charge in [-0.2, -0.15) is 0 Å². The minimum Gasteiger partial charge on any atom is -0.389 e. The van der Waals surface area contributed by atoms with E-state index in [-0.39, 0.29) is 12.8 Å². The zero-order valence-corrected chi connectivity index (χ0v) is 15.9. The number of rotatable bonds is 7. The van der Waals surface area contributed by atoms with Crippen molar-refractivity contribution < 1.29 is 28.9 Å². The highest BCUT2D eigenvalue weighted by atomic mass is 79.9. The van der Waals surface area contributed by atoms with Crippen molar-refractivity contribution in [2.75, 3.05) is 0 Å². The molecule has 0 aliphatic carbocycles. The summed E-state index contributed by atoms with van der Waals surface area (Å²) in [7, 11) is 1.46. The number of alkyl halides is 1. The first kappa shape index (κ1) is 20.6. The van der Waals surface area contributed by atoms with Crippen molar-refractivity contribution in [1.29, 1.82) is 0 Å². The van der Waals surface area contributed by atoms with Crippen molar-refractivity contribution in [3.8, 4) is 0 Å². The summed E-state index contributed by atoms with van der Waals surface area (Å²) in [5.74, 6) is 0. The van der Waals surface area contributed by atoms with Crippen molar-refractivity contribution in [1.82, 2.24) is 0 Å². The second kappa shape index (κ2) is 7.22. The fourth-order valence-corrected chi connectivity index (χ4v) is 4.06. The highest BCUT2D eigenvalue weighted by Gasteiger charge is 2.49. The quantitative estimate of drug-likeness (QED) is 0.344. The Morgan fingerprint density at radius 1 is 1.36 bits per heavy atom. The van der Waals surface area contributed by atoms with Crippen LogP contribution in [0.5, 0.6) is 0 Å². The van der Waals surface area contributed by atoms with E-state index in [1.165, 1.54) is 6.92 Å². The normalized spacial score (nSPS) is 37.3. The first-order valence-corrected chi connectivity index (χ1v) is 9.87. The van der Waals surface area contributed by atoms with E-state index in [1.54, 1.807) is 20.8 Å². The van der Waals surface area contributed by atoms with E-state index in [2.05, 4.69) is 15.9 Å². The zero-order chi connectivity index (χ0) is 17.3. The minimum atomic E-state index is -4.27. The molecule has 0 aromatic rings. The monoisotopic (exact) mass is 398 g/mol. The fraction of sp³-hybridized carbons (Fsp3) is 1.00. The van der Waals surface area contributed by atoms with Gasteiger partial charge in [-0.05, 0) is 26.7 Å². The Morgan fingerprint density at radius 3 is 2.27 bits per heavy atom. The molecule has 6 nitrogen and oxygen atoms in total. The molecule has 3 N–H and O–H groups in total. The van der Waals surface area contributed by atoms with Crippen LogP contribution in [0.2, 0.25) is 0 Å². The van der Waals surface area contributed by atoms with Crippen molar-refractivity contribution >= 4 is 31.4 Å². The smallest absolute Gasteiger partial charge is 0.359 e. The Kier molecular flexibility index (Phi) is 6.76. The van der Waals surface area contributed by atoms with Gasteiger partial charge in [-0.25, -0.2) is 0 Å². The first-order valence-electron chi connectivity index (χ1n) is 7.38. The van der Waals surface area contributed by atoms with E-state index >= 15 is 0 Å². The number of aliphatic hydroxyl groups is 2. The molecule has 1 heterocycles. The van der Waals surface area contributed by atoms with E-state index in [0.717, 1.165) is 0 Å². The van der Waals surface area contributed by atoms with E-state index in [0.29, 0.717) is 6.42 Å². The predicted molar refractivity (Wildman–Crippen MR) is 88.3 cm³/mol. The molecule has 2 radical (unpaired) electrons. The maximum absolute atomic E-state index is 12.4. The molecule has 0 bridgehead atoms. The molecule has 22 heavy (non-hydrogen) atoms. The summed E-state index contributed by atoms with van der Waals surface area (Å²) in [5, 5.41) is 18.3. The van der Waals surface area contributed by atoms with Crippen LogP contribution in [0.3, 0.4) is 0 Å². The van der Waals surface area contributed by atoms with Crippen LogP contribution in [0, 0.1) is 0 Å². The lowest BCUT2D eigenvalue weighted by Crippen LogP contribution is -2.39. The summed E-state index contributed by atoms with van der Waals surface area (Å²) < 4.78 is 23.3. The van der Waals surface area contributed by atoms with Crippen LogP contribution in [-0.2, 0) is 13.8 Å². The molecular formula is C13H25BBrO6P. The summed E-state index contributed by atoms with van der Waals surface area (Å²) in [6.45, 7) is 6.33. The van der Waals surface area contributed by atoms with Gasteiger partial charge in [-0.1, -0.05) is 29.8 Å². The van der Waals surface area contributed by atoms with Crippen LogP contribution >= 0.6 is 23.5 Å². The van der Waals surface area contributed by atoms with Crippen LogP contribution in [0.4, 0.5) is 0 Å². The third kappa shape index (κ3) is 4.35. The first-order chi connectivity index (χ1) is 9.89. The molecule has 0 amide bonds. The number of ether oxygens (including phenoxy) is 1. The Morgan fingerprint density at radius 2 is 1.91 bits per heavy atom. The molecule has 0 spiro atoms. The minimum absolute atomic E-state index is 0.0808. The van der Waals surface area contributed by atoms with Gasteiger partial charge < -0.3 is 24.4 Å². The van der Waals surface area contributed by atoms with Crippen molar-refractivity contribution in [2.24, 2.45) is 0 Å². The standard InChI is InChI=1S/C13H25BBrO6P/c1-5-12(3,21-22(18,19)13(4,17)6-2)7-8-10(16)9(15)11(14)20-8/h8-11,16-17H,5-7H2,1-4H3,(H,18,19)/t8-,9-,10-,11-,12?,13-/m1/s1. The molecule has 128 valence electrons. The lowest BCUT2D eigenvalue weighted by atomic mass is 9.91. The lowest BCUT2D eigenvalue weighted by molar-refractivity contribution is -0.0425. The SMILES string of the molecule is [B][C@@H]1O[C@H](CC(C)(CC)OP(=O)(O)[C@@](C)(O)CC)[C@@H](O)[C@H]1Br. The summed E-state index contributed by atoms with van der Waals surface area (Å²) in [5.41, 5.74) is -1.04. The number of hydrogen-bond donors (Lipinski definition) is 3. The Labute approximate surface area is 141 Å². The van der Waals surface area contributed by atoms with Gasteiger partial charge in [0.05, 0.1) is 22.6 Å². The third-order valence-corrected chi connectivity index (χ3v) is 7.64. The van der Waals surface area contributed by atoms with Crippen molar-refractivity contribution in [2.45, 2.75) is 80.9 Å². The molecule has 1 rings (SSSR count). The van der Waals surface area contributed by atoms with Gasteiger partial charge in [-0.15, -0.1) is 0 Å². The van der Waals surface area contributed by atoms with E-state index < -0.39 is 41.6 Å². The second-order valence-electron chi connectivity index (χ2n) is 6.26. The van der Waals surface area contributed by atoms with Gasteiger partial charge in [0.2, 0.25) is 0 Å². The summed E-state index contributed by atoms with van der Waals surface area (Å²) in [6.07, 6.45) is -0.779. The topological polar surface area (TPSA) is 96.2 Å². The van der Waals surface area contributed by atoms with E-state index in [4.69, 9.17) is 17.1 Å². The Hall–Kier alpha value is 0.575. The highest BCUT2D eigenvalue weighted by Crippen LogP contribution is 2.59. The summed E-state index contributed by atoms with van der Waals surface area (Å²) in [6, 6.07) is -0.652. The lowest BCUT2D eigenvalue weighted by Gasteiger charge is -2.37. The van der Waals surface area contributed by atoms with Crippen LogP contribution in [0.15, 0.2) is 0 Å². The molecular weight excluding hydrogens is 374 g/mol. The zero-order valence-electron chi connectivity index (χ0n) is 13.4. The molecule has 0 aromatic heterocycles. The van der Waals surface area contributed by atoms with Gasteiger partial charge in [0.25, 0.3) is 0 Å². The molecule has 1 aliphatic rings. The van der Waals surface area contributed by atoms with Crippen LogP contribution in [0.1, 0.15) is 47.0 Å². The van der Waals surface area contributed by atoms with Crippen LogP contribution in [-0.4, -0.2) is 56.9 Å². The second-order valence-corrected chi connectivity index (χ2v) is 9.51. The summed E-state index contributed by atoms with van der Waals surface area (Å²) >= 11 is 3.26. The molecule has 7 atom stereocenters. The Balaban J connectivity index is 2.87. The fourth-order valence-electron chi connectivity index (χ4n) is 2.19. The highest BCUT2D eigenvalue weighted by molar-refractivity contribution is 9.09. The molecule has 9 heteroatoms. The van der Waals surface area contributed by atoms with Gasteiger partial charge in [-0.3, -0.25) is 4.57 Å². The third-order valence-electron chi connectivity index (χ3n) is 4.36. The number of halogens is 1. The summed E-state index contributed by atoms with van der Waals surface area (Å²) in [4.78, 5) is 9.69. The van der Waals surface area contributed by atoms with Gasteiger partial charge in [0, 0.05) is 12.4 Å².